The minimum absolute atomic E-state index is 0.145. The molecule has 0 radical (unpaired) electrons. The summed E-state index contributed by atoms with van der Waals surface area (Å²) in [5, 5.41) is 17.3. The molecular weight excluding hydrogens is 219 g/mol. The number of aliphatic imine (C=N–C) groups is 1. The zero-order valence-electron chi connectivity index (χ0n) is 8.25. The van der Waals surface area contributed by atoms with E-state index in [0.29, 0.717) is 0 Å². The van der Waals surface area contributed by atoms with Gasteiger partial charge in [-0.15, -0.1) is 0 Å². The van der Waals surface area contributed by atoms with Gasteiger partial charge in [0, 0.05) is 19.1 Å². The van der Waals surface area contributed by atoms with Gasteiger partial charge in [-0.3, -0.25) is 4.99 Å². The third-order valence-corrected chi connectivity index (χ3v) is 2.13. The van der Waals surface area contributed by atoms with Gasteiger partial charge in [0.05, 0.1) is 29.3 Å². The van der Waals surface area contributed by atoms with Gasteiger partial charge < -0.3 is 0 Å². The molecule has 16 heavy (non-hydrogen) atoms. The molecule has 0 aromatic carbocycles. The van der Waals surface area contributed by atoms with Gasteiger partial charge >= 0.3 is 6.18 Å². The van der Waals surface area contributed by atoms with Crippen LogP contribution in [0.25, 0.3) is 0 Å². The third-order valence-electron chi connectivity index (χ3n) is 2.13. The summed E-state index contributed by atoms with van der Waals surface area (Å²) in [5.74, 6) is -0.510. The van der Waals surface area contributed by atoms with Crippen LogP contribution in [-0.2, 0) is 0 Å². The molecule has 0 saturated carbocycles. The molecule has 0 amide bonds. The second kappa shape index (κ2) is 4.80. The van der Waals surface area contributed by atoms with E-state index in [1.807, 2.05) is 6.07 Å². The molecule has 1 aliphatic rings. The van der Waals surface area contributed by atoms with Gasteiger partial charge in [0.25, 0.3) is 0 Å². The Kier molecular flexibility index (Phi) is 3.68. The normalized spacial score (nSPS) is 20.4. The van der Waals surface area contributed by atoms with Crippen molar-refractivity contribution in [3.63, 3.8) is 0 Å². The van der Waals surface area contributed by atoms with Crippen LogP contribution in [0.2, 0.25) is 0 Å². The standard InChI is InChI=1S/C10H8F3N3/c11-10(12,13)2-1-9-8(5-15)3-7(4-14)6-16-9/h6-7H,1-3H2. The summed E-state index contributed by atoms with van der Waals surface area (Å²) in [5.41, 5.74) is 0.324. The Morgan fingerprint density at radius 2 is 2.12 bits per heavy atom. The van der Waals surface area contributed by atoms with Crippen LogP contribution in [0.3, 0.4) is 0 Å². The van der Waals surface area contributed by atoms with Gasteiger partial charge in [0.2, 0.25) is 0 Å². The molecule has 0 fully saturated rings. The molecule has 0 aliphatic carbocycles. The van der Waals surface area contributed by atoms with Crippen LogP contribution in [0.5, 0.6) is 0 Å². The molecule has 1 rings (SSSR count). The summed E-state index contributed by atoms with van der Waals surface area (Å²) in [7, 11) is 0. The smallest absolute Gasteiger partial charge is 0.263 e. The first-order valence-corrected chi connectivity index (χ1v) is 4.59. The molecule has 0 saturated heterocycles. The van der Waals surface area contributed by atoms with Crippen LogP contribution in [0, 0.1) is 28.6 Å². The summed E-state index contributed by atoms with van der Waals surface area (Å²) < 4.78 is 35.9. The van der Waals surface area contributed by atoms with Crippen molar-refractivity contribution in [3.05, 3.63) is 11.3 Å². The number of halogens is 3. The van der Waals surface area contributed by atoms with Crippen molar-refractivity contribution < 1.29 is 13.2 Å². The lowest BCUT2D eigenvalue weighted by atomic mass is 9.96. The quantitative estimate of drug-likeness (QED) is 0.728. The lowest BCUT2D eigenvalue weighted by Gasteiger charge is -2.13. The van der Waals surface area contributed by atoms with Crippen molar-refractivity contribution in [1.29, 1.82) is 10.5 Å². The molecule has 1 heterocycles. The fraction of sp³-hybridized carbons (Fsp3) is 0.500. The van der Waals surface area contributed by atoms with E-state index in [2.05, 4.69) is 4.99 Å². The summed E-state index contributed by atoms with van der Waals surface area (Å²) in [4.78, 5) is 3.75. The Bertz CT molecular complexity index is 406. The van der Waals surface area contributed by atoms with Crippen LogP contribution in [0.1, 0.15) is 19.3 Å². The van der Waals surface area contributed by atoms with E-state index in [4.69, 9.17) is 10.5 Å². The minimum atomic E-state index is -4.25. The van der Waals surface area contributed by atoms with Gasteiger partial charge in [-0.1, -0.05) is 0 Å². The van der Waals surface area contributed by atoms with Crippen molar-refractivity contribution in [2.24, 2.45) is 10.9 Å². The molecular formula is C10H8F3N3. The molecule has 0 bridgehead atoms. The average Bonchev–Trinajstić information content (AvgIpc) is 2.25. The van der Waals surface area contributed by atoms with E-state index in [-0.39, 0.29) is 24.1 Å². The Balaban J connectivity index is 2.73. The number of allylic oxidation sites excluding steroid dienone is 2. The van der Waals surface area contributed by atoms with Gasteiger partial charge in [-0.2, -0.15) is 23.7 Å². The zero-order valence-corrected chi connectivity index (χ0v) is 8.25. The molecule has 84 valence electrons. The fourth-order valence-corrected chi connectivity index (χ4v) is 1.31. The first kappa shape index (κ1) is 12.3. The lowest BCUT2D eigenvalue weighted by Crippen LogP contribution is -2.11. The second-order valence-corrected chi connectivity index (χ2v) is 3.37. The Hall–Kier alpha value is -1.82. The van der Waals surface area contributed by atoms with Crippen molar-refractivity contribution >= 4 is 6.21 Å². The molecule has 1 atom stereocenters. The molecule has 6 heteroatoms. The summed E-state index contributed by atoms with van der Waals surface area (Å²) >= 11 is 0. The highest BCUT2D eigenvalue weighted by atomic mass is 19.4. The fourth-order valence-electron chi connectivity index (χ4n) is 1.31. The van der Waals surface area contributed by atoms with Crippen molar-refractivity contribution in [1.82, 2.24) is 0 Å². The summed E-state index contributed by atoms with van der Waals surface area (Å²) in [6.07, 6.45) is -4.10. The topological polar surface area (TPSA) is 59.9 Å². The van der Waals surface area contributed by atoms with E-state index in [9.17, 15) is 13.2 Å². The highest BCUT2D eigenvalue weighted by Gasteiger charge is 2.28. The SMILES string of the molecule is N#CC1=C(CCC(F)(F)F)N=CC(C#N)C1. The minimum Gasteiger partial charge on any atom is -0.263 e. The van der Waals surface area contributed by atoms with Crippen LogP contribution < -0.4 is 0 Å². The first-order chi connectivity index (χ1) is 7.46. The van der Waals surface area contributed by atoms with Crippen molar-refractivity contribution in [2.75, 3.05) is 0 Å². The van der Waals surface area contributed by atoms with Gasteiger partial charge in [-0.05, 0) is 6.42 Å². The number of hydrogen-bond acceptors (Lipinski definition) is 3. The van der Waals surface area contributed by atoms with Crippen LogP contribution in [-0.4, -0.2) is 12.4 Å². The van der Waals surface area contributed by atoms with Crippen LogP contribution in [0.15, 0.2) is 16.3 Å². The maximum absolute atomic E-state index is 12.0. The Labute approximate surface area is 90.5 Å². The molecule has 0 aromatic rings. The predicted octanol–water partition coefficient (Wildman–Crippen LogP) is 2.72. The summed E-state index contributed by atoms with van der Waals surface area (Å²) in [6, 6.07) is 3.71. The molecule has 3 nitrogen and oxygen atoms in total. The maximum atomic E-state index is 12.0. The maximum Gasteiger partial charge on any atom is 0.389 e. The number of rotatable bonds is 2. The first-order valence-electron chi connectivity index (χ1n) is 4.59. The number of hydrogen-bond donors (Lipinski definition) is 0. The van der Waals surface area contributed by atoms with Crippen LogP contribution in [0.4, 0.5) is 13.2 Å². The molecule has 0 N–H and O–H groups in total. The van der Waals surface area contributed by atoms with Gasteiger partial charge in [0.1, 0.15) is 0 Å². The van der Waals surface area contributed by atoms with E-state index in [0.717, 1.165) is 0 Å². The van der Waals surface area contributed by atoms with Crippen LogP contribution >= 0.6 is 0 Å². The van der Waals surface area contributed by atoms with Crippen molar-refractivity contribution in [3.8, 4) is 12.1 Å². The van der Waals surface area contributed by atoms with E-state index >= 15 is 0 Å². The monoisotopic (exact) mass is 227 g/mol. The molecule has 1 aliphatic heterocycles. The molecule has 1 unspecified atom stereocenters. The Morgan fingerprint density at radius 3 is 2.62 bits per heavy atom. The number of nitriles is 2. The second-order valence-electron chi connectivity index (χ2n) is 3.37. The third kappa shape index (κ3) is 3.39. The van der Waals surface area contributed by atoms with E-state index < -0.39 is 18.5 Å². The lowest BCUT2D eigenvalue weighted by molar-refractivity contribution is -0.134. The number of nitrogens with zero attached hydrogens (tertiary/aromatic N) is 3. The summed E-state index contributed by atoms with van der Waals surface area (Å²) in [6.45, 7) is 0. The zero-order chi connectivity index (χ0) is 12.2. The average molecular weight is 227 g/mol. The molecule has 0 aromatic heterocycles. The predicted molar refractivity (Wildman–Crippen MR) is 50.1 cm³/mol. The largest absolute Gasteiger partial charge is 0.389 e. The Morgan fingerprint density at radius 1 is 1.44 bits per heavy atom. The highest BCUT2D eigenvalue weighted by molar-refractivity contribution is 5.68. The van der Waals surface area contributed by atoms with Gasteiger partial charge in [0.15, 0.2) is 0 Å². The highest BCUT2D eigenvalue weighted by Crippen LogP contribution is 2.28. The van der Waals surface area contributed by atoms with Gasteiger partial charge in [-0.25, -0.2) is 0 Å². The van der Waals surface area contributed by atoms with E-state index in [1.54, 1.807) is 6.07 Å². The number of alkyl halides is 3. The van der Waals surface area contributed by atoms with E-state index in [1.165, 1.54) is 6.21 Å². The molecule has 0 spiro atoms. The van der Waals surface area contributed by atoms with Crippen molar-refractivity contribution in [2.45, 2.75) is 25.4 Å².